The Morgan fingerprint density at radius 1 is 1.60 bits per heavy atom. The number of anilines is 2. The lowest BCUT2D eigenvalue weighted by molar-refractivity contribution is 0.193. The number of aromatic nitrogens is 3. The van der Waals surface area contributed by atoms with Crippen LogP contribution in [-0.2, 0) is 0 Å². The largest absolute Gasteiger partial charge is 0.463 e. The van der Waals surface area contributed by atoms with Gasteiger partial charge in [0.15, 0.2) is 0 Å². The maximum atomic E-state index is 10.2. The molecule has 0 saturated carbocycles. The van der Waals surface area contributed by atoms with Gasteiger partial charge in [-0.2, -0.15) is 4.98 Å². The Bertz CT molecular complexity index is 266. The van der Waals surface area contributed by atoms with Gasteiger partial charge in [0, 0.05) is 0 Å². The van der Waals surface area contributed by atoms with E-state index in [4.69, 9.17) is 16.6 Å². The molecule has 0 aliphatic carbocycles. The van der Waals surface area contributed by atoms with E-state index in [1.807, 2.05) is 0 Å². The van der Waals surface area contributed by atoms with Crippen LogP contribution in [0.3, 0.4) is 0 Å². The lowest BCUT2D eigenvalue weighted by atomic mass is 11.0. The molecule has 0 amide bonds. The van der Waals surface area contributed by atoms with Crippen LogP contribution >= 0.6 is 0 Å². The second kappa shape index (κ2) is 1.87. The first-order valence-corrected chi connectivity index (χ1v) is 2.32. The van der Waals surface area contributed by atoms with Gasteiger partial charge >= 0.3 is 6.09 Å². The number of carbonyl (C=O) groups is 1. The molecule has 54 valence electrons. The standard InChI is InChI=1S/C3H5N5O2/c4-1-6-2(5)8(7-1)3(9)10/h(H,9,10)(H4,4,5,6,7). The van der Waals surface area contributed by atoms with Gasteiger partial charge in [0.1, 0.15) is 0 Å². The molecule has 0 aliphatic heterocycles. The van der Waals surface area contributed by atoms with Crippen LogP contribution in [0.15, 0.2) is 0 Å². The Labute approximate surface area is 55.3 Å². The molecule has 0 aliphatic rings. The van der Waals surface area contributed by atoms with Crippen molar-refractivity contribution in [2.45, 2.75) is 0 Å². The van der Waals surface area contributed by atoms with Gasteiger partial charge in [-0.05, 0) is 0 Å². The summed E-state index contributed by atoms with van der Waals surface area (Å²) in [4.78, 5) is 13.5. The predicted molar refractivity (Wildman–Crippen MR) is 32.3 cm³/mol. The van der Waals surface area contributed by atoms with Gasteiger partial charge in [0.05, 0.1) is 0 Å². The van der Waals surface area contributed by atoms with Crippen LogP contribution in [-0.4, -0.2) is 26.0 Å². The SMILES string of the molecule is Nc1nc(N)n(C(=O)O)n1. The van der Waals surface area contributed by atoms with E-state index in [1.54, 1.807) is 0 Å². The van der Waals surface area contributed by atoms with Crippen molar-refractivity contribution in [1.29, 1.82) is 0 Å². The maximum Gasteiger partial charge on any atom is 0.435 e. The minimum Gasteiger partial charge on any atom is -0.463 e. The van der Waals surface area contributed by atoms with Crippen molar-refractivity contribution in [3.05, 3.63) is 0 Å². The summed E-state index contributed by atoms with van der Waals surface area (Å²) in [5, 5.41) is 11.6. The molecule has 0 fully saturated rings. The lowest BCUT2D eigenvalue weighted by Gasteiger charge is -1.89. The minimum atomic E-state index is -1.30. The zero-order valence-electron chi connectivity index (χ0n) is 4.85. The molecule has 0 aromatic carbocycles. The molecule has 0 atom stereocenters. The highest BCUT2D eigenvalue weighted by molar-refractivity contribution is 5.70. The summed E-state index contributed by atoms with van der Waals surface area (Å²) >= 11 is 0. The van der Waals surface area contributed by atoms with Crippen LogP contribution in [0.25, 0.3) is 0 Å². The molecule has 0 radical (unpaired) electrons. The van der Waals surface area contributed by atoms with Gasteiger partial charge in [0.2, 0.25) is 11.9 Å². The molecule has 1 aromatic rings. The Morgan fingerprint density at radius 3 is 2.40 bits per heavy atom. The van der Waals surface area contributed by atoms with E-state index in [9.17, 15) is 4.79 Å². The number of carboxylic acid groups (broad SMARTS) is 1. The van der Waals surface area contributed by atoms with Crippen molar-refractivity contribution in [1.82, 2.24) is 14.8 Å². The van der Waals surface area contributed by atoms with Crippen molar-refractivity contribution < 1.29 is 9.90 Å². The zero-order valence-corrected chi connectivity index (χ0v) is 4.85. The van der Waals surface area contributed by atoms with Crippen LogP contribution in [0.5, 0.6) is 0 Å². The van der Waals surface area contributed by atoms with Crippen LogP contribution in [0.4, 0.5) is 16.7 Å². The first kappa shape index (κ1) is 6.33. The summed E-state index contributed by atoms with van der Waals surface area (Å²) in [6.45, 7) is 0. The first-order valence-electron chi connectivity index (χ1n) is 2.32. The van der Waals surface area contributed by atoms with Gasteiger partial charge in [-0.1, -0.05) is 0 Å². The van der Waals surface area contributed by atoms with Gasteiger partial charge in [-0.15, -0.1) is 9.78 Å². The van der Waals surface area contributed by atoms with Gasteiger partial charge in [0.25, 0.3) is 0 Å². The predicted octanol–water partition coefficient (Wildman–Crippen LogP) is -1.03. The number of hydrogen-bond donors (Lipinski definition) is 3. The molecule has 10 heavy (non-hydrogen) atoms. The van der Waals surface area contributed by atoms with Crippen molar-refractivity contribution in [3.63, 3.8) is 0 Å². The molecule has 7 nitrogen and oxygen atoms in total. The second-order valence-corrected chi connectivity index (χ2v) is 1.52. The van der Waals surface area contributed by atoms with Crippen LogP contribution in [0.2, 0.25) is 0 Å². The number of hydrogen-bond acceptors (Lipinski definition) is 5. The number of nitrogens with two attached hydrogens (primary N) is 2. The molecule has 0 spiro atoms. The Balaban J connectivity index is 3.15. The Hall–Kier alpha value is -1.79. The molecule has 7 heteroatoms. The monoisotopic (exact) mass is 143 g/mol. The molecule has 1 aromatic heterocycles. The normalized spacial score (nSPS) is 9.60. The fourth-order valence-corrected chi connectivity index (χ4v) is 0.482. The van der Waals surface area contributed by atoms with Crippen molar-refractivity contribution in [2.75, 3.05) is 11.5 Å². The van der Waals surface area contributed by atoms with E-state index in [0.29, 0.717) is 4.68 Å². The maximum absolute atomic E-state index is 10.2. The molecule has 0 bridgehead atoms. The summed E-state index contributed by atoms with van der Waals surface area (Å²) in [7, 11) is 0. The quantitative estimate of drug-likeness (QED) is 0.427. The second-order valence-electron chi connectivity index (χ2n) is 1.52. The van der Waals surface area contributed by atoms with E-state index < -0.39 is 6.09 Å². The topological polar surface area (TPSA) is 120 Å². The Morgan fingerprint density at radius 2 is 2.20 bits per heavy atom. The van der Waals surface area contributed by atoms with E-state index in [2.05, 4.69) is 10.1 Å². The third-order valence-corrected chi connectivity index (χ3v) is 0.830. The molecule has 1 rings (SSSR count). The summed E-state index contributed by atoms with van der Waals surface area (Å²) < 4.78 is 0.495. The third kappa shape index (κ3) is 0.835. The summed E-state index contributed by atoms with van der Waals surface area (Å²) in [5.74, 6) is -0.384. The van der Waals surface area contributed by atoms with Crippen molar-refractivity contribution in [3.8, 4) is 0 Å². The van der Waals surface area contributed by atoms with Gasteiger partial charge in [-0.3, -0.25) is 0 Å². The van der Waals surface area contributed by atoms with Crippen LogP contribution in [0.1, 0.15) is 0 Å². The summed E-state index contributed by atoms with van der Waals surface area (Å²) in [6.07, 6.45) is -1.30. The molecular weight excluding hydrogens is 138 g/mol. The fraction of sp³-hybridized carbons (Fsp3) is 0. The Kier molecular flexibility index (Phi) is 1.18. The molecule has 1 heterocycles. The molecular formula is C3H5N5O2. The van der Waals surface area contributed by atoms with Gasteiger partial charge < -0.3 is 16.6 Å². The van der Waals surface area contributed by atoms with Crippen LogP contribution < -0.4 is 11.5 Å². The molecule has 0 saturated heterocycles. The lowest BCUT2D eigenvalue weighted by Crippen LogP contribution is -2.12. The van der Waals surface area contributed by atoms with Crippen LogP contribution in [0, 0.1) is 0 Å². The van der Waals surface area contributed by atoms with E-state index >= 15 is 0 Å². The highest BCUT2D eigenvalue weighted by Crippen LogP contribution is 1.98. The van der Waals surface area contributed by atoms with Gasteiger partial charge in [-0.25, -0.2) is 4.79 Å². The number of nitrogens with zero attached hydrogens (tertiary/aromatic N) is 3. The average Bonchev–Trinajstić information content (AvgIpc) is 2.10. The smallest absolute Gasteiger partial charge is 0.435 e. The number of rotatable bonds is 0. The fourth-order valence-electron chi connectivity index (χ4n) is 0.482. The first-order chi connectivity index (χ1) is 4.61. The summed E-state index contributed by atoms with van der Waals surface area (Å²) in [5.41, 5.74) is 10.1. The third-order valence-electron chi connectivity index (χ3n) is 0.830. The van der Waals surface area contributed by atoms with E-state index in [-0.39, 0.29) is 11.9 Å². The highest BCUT2D eigenvalue weighted by Gasteiger charge is 2.08. The molecule has 0 unspecified atom stereocenters. The summed E-state index contributed by atoms with van der Waals surface area (Å²) in [6, 6.07) is 0. The average molecular weight is 143 g/mol. The highest BCUT2D eigenvalue weighted by atomic mass is 16.4. The zero-order chi connectivity index (χ0) is 7.72. The number of nitrogen functional groups attached to an aromatic ring is 2. The van der Waals surface area contributed by atoms with E-state index in [1.165, 1.54) is 0 Å². The molecule has 5 N–H and O–H groups in total. The van der Waals surface area contributed by atoms with E-state index in [0.717, 1.165) is 0 Å². The van der Waals surface area contributed by atoms with Crippen molar-refractivity contribution in [2.24, 2.45) is 0 Å². The van der Waals surface area contributed by atoms with Crippen molar-refractivity contribution >= 4 is 18.0 Å². The minimum absolute atomic E-state index is 0.153.